The molecule has 0 amide bonds. The molecule has 0 aliphatic carbocycles. The number of aromatic nitrogens is 1. The van der Waals surface area contributed by atoms with Crippen LogP contribution in [0.2, 0.25) is 0 Å². The minimum absolute atomic E-state index is 0.581. The summed E-state index contributed by atoms with van der Waals surface area (Å²) in [6.45, 7) is 3.51. The molecule has 1 aliphatic rings. The van der Waals surface area contributed by atoms with Gasteiger partial charge in [-0.2, -0.15) is 0 Å². The minimum Gasteiger partial charge on any atom is -0.388 e. The predicted molar refractivity (Wildman–Crippen MR) is 52.0 cm³/mol. The highest BCUT2D eigenvalue weighted by Crippen LogP contribution is 2.20. The largest absolute Gasteiger partial charge is 0.388 e. The lowest BCUT2D eigenvalue weighted by Gasteiger charge is -2.31. The number of nitrogens with one attached hydrogen (secondary N) is 1. The number of hydrogen-bond donors (Lipinski definition) is 2. The summed E-state index contributed by atoms with van der Waals surface area (Å²) in [7, 11) is 0. The SMILES string of the molecule is Cc1cc(CC2(O)CCCNC2)no1. The molecule has 0 spiro atoms. The predicted octanol–water partition coefficient (Wildman–Crippen LogP) is 0.640. The first-order valence-electron chi connectivity index (χ1n) is 5.03. The Morgan fingerprint density at radius 3 is 3.14 bits per heavy atom. The fourth-order valence-electron chi connectivity index (χ4n) is 1.94. The molecule has 4 nitrogen and oxygen atoms in total. The number of rotatable bonds is 2. The van der Waals surface area contributed by atoms with Gasteiger partial charge < -0.3 is 14.9 Å². The Morgan fingerprint density at radius 2 is 2.57 bits per heavy atom. The summed E-state index contributed by atoms with van der Waals surface area (Å²) in [6.07, 6.45) is 2.44. The van der Waals surface area contributed by atoms with Gasteiger partial charge in [-0.05, 0) is 26.3 Å². The Bertz CT molecular complexity index is 303. The van der Waals surface area contributed by atoms with Crippen LogP contribution in [0.5, 0.6) is 0 Å². The van der Waals surface area contributed by atoms with Crippen LogP contribution >= 0.6 is 0 Å². The lowest BCUT2D eigenvalue weighted by molar-refractivity contribution is 0.0155. The maximum atomic E-state index is 10.2. The third-order valence-electron chi connectivity index (χ3n) is 2.64. The van der Waals surface area contributed by atoms with E-state index >= 15 is 0 Å². The number of aliphatic hydroxyl groups is 1. The van der Waals surface area contributed by atoms with Crippen LogP contribution in [0.15, 0.2) is 10.6 Å². The van der Waals surface area contributed by atoms with E-state index in [1.165, 1.54) is 0 Å². The lowest BCUT2D eigenvalue weighted by atomic mass is 9.89. The van der Waals surface area contributed by atoms with Crippen molar-refractivity contribution < 1.29 is 9.63 Å². The van der Waals surface area contributed by atoms with Crippen LogP contribution in [0.3, 0.4) is 0 Å². The zero-order chi connectivity index (χ0) is 10.0. The Balaban J connectivity index is 2.01. The summed E-state index contributed by atoms with van der Waals surface area (Å²) in [6, 6.07) is 1.88. The minimum atomic E-state index is -0.637. The molecule has 1 aromatic rings. The molecule has 0 aromatic carbocycles. The van der Waals surface area contributed by atoms with E-state index in [1.54, 1.807) is 0 Å². The van der Waals surface area contributed by atoms with Gasteiger partial charge in [-0.1, -0.05) is 5.16 Å². The van der Waals surface area contributed by atoms with Gasteiger partial charge in [0, 0.05) is 19.0 Å². The van der Waals surface area contributed by atoms with E-state index < -0.39 is 5.60 Å². The summed E-state index contributed by atoms with van der Waals surface area (Å²) in [5.74, 6) is 0.798. The fourth-order valence-corrected chi connectivity index (χ4v) is 1.94. The monoisotopic (exact) mass is 196 g/mol. The molecule has 0 saturated carbocycles. The number of piperidine rings is 1. The van der Waals surface area contributed by atoms with Crippen LogP contribution in [0.25, 0.3) is 0 Å². The second-order valence-electron chi connectivity index (χ2n) is 4.11. The molecule has 2 N–H and O–H groups in total. The Hall–Kier alpha value is -0.870. The zero-order valence-electron chi connectivity index (χ0n) is 8.42. The first-order valence-corrected chi connectivity index (χ1v) is 5.03. The van der Waals surface area contributed by atoms with Crippen molar-refractivity contribution in [2.24, 2.45) is 0 Å². The van der Waals surface area contributed by atoms with E-state index in [0.29, 0.717) is 13.0 Å². The van der Waals surface area contributed by atoms with E-state index in [-0.39, 0.29) is 0 Å². The average molecular weight is 196 g/mol. The van der Waals surface area contributed by atoms with Crippen molar-refractivity contribution in [1.29, 1.82) is 0 Å². The summed E-state index contributed by atoms with van der Waals surface area (Å²) in [5.41, 5.74) is 0.204. The Morgan fingerprint density at radius 1 is 1.71 bits per heavy atom. The van der Waals surface area contributed by atoms with Crippen molar-refractivity contribution in [2.45, 2.75) is 31.8 Å². The van der Waals surface area contributed by atoms with E-state index in [4.69, 9.17) is 4.52 Å². The third-order valence-corrected chi connectivity index (χ3v) is 2.64. The van der Waals surface area contributed by atoms with Crippen molar-refractivity contribution >= 4 is 0 Å². The molecule has 1 aromatic heterocycles. The molecule has 0 bridgehead atoms. The van der Waals surface area contributed by atoms with Gasteiger partial charge in [0.05, 0.1) is 11.3 Å². The molecular formula is C10H16N2O2. The molecule has 1 saturated heterocycles. The highest BCUT2D eigenvalue weighted by atomic mass is 16.5. The second-order valence-corrected chi connectivity index (χ2v) is 4.11. The van der Waals surface area contributed by atoms with Crippen LogP contribution in [0, 0.1) is 6.92 Å². The molecule has 4 heteroatoms. The van der Waals surface area contributed by atoms with Crippen LogP contribution in [0.1, 0.15) is 24.3 Å². The van der Waals surface area contributed by atoms with Crippen LogP contribution in [-0.2, 0) is 6.42 Å². The second kappa shape index (κ2) is 3.71. The number of aryl methyl sites for hydroxylation is 1. The summed E-state index contributed by atoms with van der Waals surface area (Å²) in [5, 5.41) is 17.3. The number of nitrogens with zero attached hydrogens (tertiary/aromatic N) is 1. The van der Waals surface area contributed by atoms with Gasteiger partial charge in [0.1, 0.15) is 5.76 Å². The van der Waals surface area contributed by atoms with Gasteiger partial charge in [0.2, 0.25) is 0 Å². The van der Waals surface area contributed by atoms with Gasteiger partial charge in [0.15, 0.2) is 0 Å². The van der Waals surface area contributed by atoms with E-state index in [9.17, 15) is 5.11 Å². The van der Waals surface area contributed by atoms with Crippen molar-refractivity contribution in [1.82, 2.24) is 10.5 Å². The molecule has 1 aliphatic heterocycles. The van der Waals surface area contributed by atoms with Crippen molar-refractivity contribution in [3.05, 3.63) is 17.5 Å². The molecule has 2 rings (SSSR count). The van der Waals surface area contributed by atoms with Gasteiger partial charge >= 0.3 is 0 Å². The standard InChI is InChI=1S/C10H16N2O2/c1-8-5-9(12-14-8)6-10(13)3-2-4-11-7-10/h5,11,13H,2-4,6-7H2,1H3. The quantitative estimate of drug-likeness (QED) is 0.728. The van der Waals surface area contributed by atoms with Crippen LogP contribution < -0.4 is 5.32 Å². The maximum Gasteiger partial charge on any atom is 0.133 e. The summed E-state index contributed by atoms with van der Waals surface area (Å²) >= 11 is 0. The summed E-state index contributed by atoms with van der Waals surface area (Å²) < 4.78 is 4.97. The first-order chi connectivity index (χ1) is 6.68. The lowest BCUT2D eigenvalue weighted by Crippen LogP contribution is -2.47. The number of hydrogen-bond acceptors (Lipinski definition) is 4. The van der Waals surface area contributed by atoms with Crippen molar-refractivity contribution in [3.8, 4) is 0 Å². The molecular weight excluding hydrogens is 180 g/mol. The normalized spacial score (nSPS) is 27.9. The van der Waals surface area contributed by atoms with E-state index in [1.807, 2.05) is 13.0 Å². The highest BCUT2D eigenvalue weighted by molar-refractivity contribution is 5.08. The maximum absolute atomic E-state index is 10.2. The zero-order valence-corrected chi connectivity index (χ0v) is 8.42. The van der Waals surface area contributed by atoms with Gasteiger partial charge in [-0.15, -0.1) is 0 Å². The van der Waals surface area contributed by atoms with Gasteiger partial charge in [-0.3, -0.25) is 0 Å². The Kier molecular flexibility index (Phi) is 2.56. The highest BCUT2D eigenvalue weighted by Gasteiger charge is 2.30. The van der Waals surface area contributed by atoms with E-state index in [2.05, 4.69) is 10.5 Å². The Labute approximate surface area is 83.3 Å². The molecule has 78 valence electrons. The van der Waals surface area contributed by atoms with E-state index in [0.717, 1.165) is 30.8 Å². The number of β-amino-alcohol motifs (C(OH)–C–C–N with tert-alkyl or cyclic N) is 1. The van der Waals surface area contributed by atoms with Gasteiger partial charge in [0.25, 0.3) is 0 Å². The molecule has 1 atom stereocenters. The first kappa shape index (κ1) is 9.68. The smallest absolute Gasteiger partial charge is 0.133 e. The fraction of sp³-hybridized carbons (Fsp3) is 0.700. The molecule has 1 fully saturated rings. The molecule has 2 heterocycles. The summed E-state index contributed by atoms with van der Waals surface area (Å²) in [4.78, 5) is 0. The van der Waals surface area contributed by atoms with Crippen LogP contribution in [0.4, 0.5) is 0 Å². The van der Waals surface area contributed by atoms with Crippen molar-refractivity contribution in [2.75, 3.05) is 13.1 Å². The molecule has 14 heavy (non-hydrogen) atoms. The average Bonchev–Trinajstić information content (AvgIpc) is 2.51. The topological polar surface area (TPSA) is 58.3 Å². The third kappa shape index (κ3) is 2.13. The van der Waals surface area contributed by atoms with Gasteiger partial charge in [-0.25, -0.2) is 0 Å². The van der Waals surface area contributed by atoms with Crippen molar-refractivity contribution in [3.63, 3.8) is 0 Å². The molecule has 0 radical (unpaired) electrons. The van der Waals surface area contributed by atoms with Crippen LogP contribution in [-0.4, -0.2) is 29.0 Å². The molecule has 1 unspecified atom stereocenters.